The standard InChI is InChI=1S/C10H22N2O6S/c1-12(6-4-10(13)14)19(15,16)11-5-3-7-18-9-8-17-2/h11H,3-9H2,1-2H3,(H,13,14). The van der Waals surface area contributed by atoms with E-state index in [0.29, 0.717) is 26.2 Å². The van der Waals surface area contributed by atoms with Gasteiger partial charge in [-0.25, -0.2) is 4.72 Å². The summed E-state index contributed by atoms with van der Waals surface area (Å²) in [6, 6.07) is 0. The molecule has 0 rings (SSSR count). The number of hydrogen-bond donors (Lipinski definition) is 2. The lowest BCUT2D eigenvalue weighted by Gasteiger charge is -2.16. The largest absolute Gasteiger partial charge is 0.481 e. The van der Waals surface area contributed by atoms with Crippen molar-refractivity contribution in [3.8, 4) is 0 Å². The molecule has 0 radical (unpaired) electrons. The summed E-state index contributed by atoms with van der Waals surface area (Å²) in [4.78, 5) is 10.3. The molecule has 0 heterocycles. The molecule has 0 saturated heterocycles. The highest BCUT2D eigenvalue weighted by atomic mass is 32.2. The molecule has 0 aromatic carbocycles. The van der Waals surface area contributed by atoms with Crippen LogP contribution >= 0.6 is 0 Å². The molecule has 0 aliphatic carbocycles. The number of carboxylic acid groups (broad SMARTS) is 1. The second-order valence-electron chi connectivity index (χ2n) is 3.82. The molecule has 9 heteroatoms. The average Bonchev–Trinajstić information content (AvgIpc) is 2.34. The van der Waals surface area contributed by atoms with E-state index in [1.54, 1.807) is 7.11 Å². The van der Waals surface area contributed by atoms with E-state index < -0.39 is 16.2 Å². The molecule has 0 aliphatic rings. The van der Waals surface area contributed by atoms with Gasteiger partial charge in [-0.05, 0) is 6.42 Å². The van der Waals surface area contributed by atoms with Gasteiger partial charge >= 0.3 is 5.97 Å². The van der Waals surface area contributed by atoms with Gasteiger partial charge in [-0.1, -0.05) is 0 Å². The highest BCUT2D eigenvalue weighted by Gasteiger charge is 2.17. The molecule has 0 saturated carbocycles. The maximum absolute atomic E-state index is 11.6. The number of carboxylic acids is 1. The fourth-order valence-corrected chi connectivity index (χ4v) is 2.06. The number of carbonyl (C=O) groups is 1. The molecule has 0 aromatic heterocycles. The first kappa shape index (κ1) is 18.3. The number of nitrogens with one attached hydrogen (secondary N) is 1. The Morgan fingerprint density at radius 1 is 1.32 bits per heavy atom. The quantitative estimate of drug-likeness (QED) is 0.461. The summed E-state index contributed by atoms with van der Waals surface area (Å²) in [5, 5.41) is 8.48. The Bertz CT molecular complexity index is 346. The maximum atomic E-state index is 11.6. The van der Waals surface area contributed by atoms with Gasteiger partial charge in [0.25, 0.3) is 10.2 Å². The Morgan fingerprint density at radius 2 is 2.00 bits per heavy atom. The van der Waals surface area contributed by atoms with E-state index >= 15 is 0 Å². The monoisotopic (exact) mass is 298 g/mol. The van der Waals surface area contributed by atoms with Crippen molar-refractivity contribution in [3.63, 3.8) is 0 Å². The second-order valence-corrected chi connectivity index (χ2v) is 5.69. The van der Waals surface area contributed by atoms with Crippen molar-refractivity contribution < 1.29 is 27.8 Å². The van der Waals surface area contributed by atoms with E-state index in [9.17, 15) is 13.2 Å². The molecule has 2 N–H and O–H groups in total. The van der Waals surface area contributed by atoms with Gasteiger partial charge in [0, 0.05) is 33.9 Å². The zero-order valence-corrected chi connectivity index (χ0v) is 12.1. The molecule has 0 unspecified atom stereocenters. The number of rotatable bonds is 12. The van der Waals surface area contributed by atoms with E-state index in [2.05, 4.69) is 4.72 Å². The van der Waals surface area contributed by atoms with Crippen LogP contribution in [0.4, 0.5) is 0 Å². The van der Waals surface area contributed by atoms with Gasteiger partial charge in [0.1, 0.15) is 0 Å². The highest BCUT2D eigenvalue weighted by molar-refractivity contribution is 7.87. The first-order valence-electron chi connectivity index (χ1n) is 5.89. The van der Waals surface area contributed by atoms with Crippen LogP contribution in [0.1, 0.15) is 12.8 Å². The van der Waals surface area contributed by atoms with Gasteiger partial charge in [-0.3, -0.25) is 4.79 Å². The lowest BCUT2D eigenvalue weighted by atomic mass is 10.4. The minimum absolute atomic E-state index is 0.0605. The summed E-state index contributed by atoms with van der Waals surface area (Å²) in [5.74, 6) is -1.03. The SMILES string of the molecule is COCCOCCCNS(=O)(=O)N(C)CCC(=O)O. The van der Waals surface area contributed by atoms with Crippen molar-refractivity contribution in [1.29, 1.82) is 0 Å². The van der Waals surface area contributed by atoms with Gasteiger partial charge in [-0.15, -0.1) is 0 Å². The molecule has 8 nitrogen and oxygen atoms in total. The zero-order valence-electron chi connectivity index (χ0n) is 11.3. The van der Waals surface area contributed by atoms with Crippen molar-refractivity contribution in [1.82, 2.24) is 9.03 Å². The van der Waals surface area contributed by atoms with Crippen molar-refractivity contribution >= 4 is 16.2 Å². The Hall–Kier alpha value is -0.740. The number of nitrogens with zero attached hydrogens (tertiary/aromatic N) is 1. The first-order chi connectivity index (χ1) is 8.90. The third-order valence-corrected chi connectivity index (χ3v) is 3.80. The van der Waals surface area contributed by atoms with E-state index in [1.165, 1.54) is 7.05 Å². The number of ether oxygens (including phenoxy) is 2. The molecule has 0 spiro atoms. The third-order valence-electron chi connectivity index (χ3n) is 2.23. The Kier molecular flexibility index (Phi) is 9.70. The predicted molar refractivity (Wildman–Crippen MR) is 69.1 cm³/mol. The fraction of sp³-hybridized carbons (Fsp3) is 0.900. The summed E-state index contributed by atoms with van der Waals surface area (Å²) < 4.78 is 36.6. The third kappa shape index (κ3) is 9.79. The molecule has 114 valence electrons. The summed E-state index contributed by atoms with van der Waals surface area (Å²) >= 11 is 0. The van der Waals surface area contributed by atoms with Crippen LogP contribution in [0.3, 0.4) is 0 Å². The minimum Gasteiger partial charge on any atom is -0.481 e. The van der Waals surface area contributed by atoms with Crippen molar-refractivity contribution in [2.45, 2.75) is 12.8 Å². The average molecular weight is 298 g/mol. The molecule has 0 atom stereocenters. The molecule has 0 amide bonds. The van der Waals surface area contributed by atoms with Crippen LogP contribution in [0, 0.1) is 0 Å². The van der Waals surface area contributed by atoms with Crippen LogP contribution in [0.15, 0.2) is 0 Å². The fourth-order valence-electron chi connectivity index (χ4n) is 1.10. The normalized spacial score (nSPS) is 11.9. The first-order valence-corrected chi connectivity index (χ1v) is 7.33. The van der Waals surface area contributed by atoms with Gasteiger partial charge in [-0.2, -0.15) is 12.7 Å². The zero-order chi connectivity index (χ0) is 14.7. The molecule has 0 bridgehead atoms. The van der Waals surface area contributed by atoms with E-state index in [4.69, 9.17) is 14.6 Å². The van der Waals surface area contributed by atoms with Crippen LogP contribution in [-0.4, -0.2) is 70.9 Å². The highest BCUT2D eigenvalue weighted by Crippen LogP contribution is 1.96. The summed E-state index contributed by atoms with van der Waals surface area (Å²) in [6.07, 6.45) is 0.313. The molecular formula is C10H22N2O6S. The summed E-state index contributed by atoms with van der Waals surface area (Å²) in [6.45, 7) is 1.60. The van der Waals surface area contributed by atoms with Gasteiger partial charge in [0.05, 0.1) is 19.6 Å². The van der Waals surface area contributed by atoms with E-state index in [-0.39, 0.29) is 19.5 Å². The predicted octanol–water partition coefficient (Wildman–Crippen LogP) is -0.720. The molecule has 0 fully saturated rings. The molecule has 0 aromatic rings. The van der Waals surface area contributed by atoms with Crippen molar-refractivity contribution in [2.75, 3.05) is 47.1 Å². The maximum Gasteiger partial charge on any atom is 0.304 e. The molecular weight excluding hydrogens is 276 g/mol. The second kappa shape index (κ2) is 10.1. The number of hydrogen-bond acceptors (Lipinski definition) is 5. The van der Waals surface area contributed by atoms with Crippen LogP contribution < -0.4 is 4.72 Å². The lowest BCUT2D eigenvalue weighted by molar-refractivity contribution is -0.137. The Balaban J connectivity index is 3.75. The Morgan fingerprint density at radius 3 is 2.58 bits per heavy atom. The molecule has 0 aliphatic heterocycles. The van der Waals surface area contributed by atoms with Crippen molar-refractivity contribution in [2.24, 2.45) is 0 Å². The van der Waals surface area contributed by atoms with Gasteiger partial charge < -0.3 is 14.6 Å². The summed E-state index contributed by atoms with van der Waals surface area (Å²) in [5.41, 5.74) is 0. The summed E-state index contributed by atoms with van der Waals surface area (Å²) in [7, 11) is -0.706. The lowest BCUT2D eigenvalue weighted by Crippen LogP contribution is -2.39. The Labute approximate surface area is 113 Å². The number of methoxy groups -OCH3 is 1. The minimum atomic E-state index is -3.61. The smallest absolute Gasteiger partial charge is 0.304 e. The van der Waals surface area contributed by atoms with Gasteiger partial charge in [0.15, 0.2) is 0 Å². The topological polar surface area (TPSA) is 105 Å². The van der Waals surface area contributed by atoms with Crippen molar-refractivity contribution in [3.05, 3.63) is 0 Å². The molecule has 19 heavy (non-hydrogen) atoms. The van der Waals surface area contributed by atoms with Gasteiger partial charge in [0.2, 0.25) is 0 Å². The van der Waals surface area contributed by atoms with Crippen LogP contribution in [0.5, 0.6) is 0 Å². The van der Waals surface area contributed by atoms with E-state index in [0.717, 1.165) is 4.31 Å². The van der Waals surface area contributed by atoms with Crippen LogP contribution in [0.2, 0.25) is 0 Å². The van der Waals surface area contributed by atoms with Crippen LogP contribution in [-0.2, 0) is 24.5 Å². The van der Waals surface area contributed by atoms with E-state index in [1.807, 2.05) is 0 Å². The van der Waals surface area contributed by atoms with Crippen LogP contribution in [0.25, 0.3) is 0 Å². The number of aliphatic carboxylic acids is 1.